The molecule has 2 aromatic rings. The summed E-state index contributed by atoms with van der Waals surface area (Å²) < 4.78 is 1.78. The van der Waals surface area contributed by atoms with Gasteiger partial charge >= 0.3 is 0 Å². The largest absolute Gasteiger partial charge is 0.368 e. The molecule has 0 saturated carbocycles. The molecule has 1 atom stereocenters. The molecule has 0 radical (unpaired) electrons. The predicted molar refractivity (Wildman–Crippen MR) is 78.9 cm³/mol. The zero-order chi connectivity index (χ0) is 14.1. The minimum Gasteiger partial charge on any atom is -0.368 e. The molecule has 1 aliphatic rings. The topological polar surface area (TPSA) is 72.3 Å². The molecule has 3 heterocycles. The third-order valence-electron chi connectivity index (χ3n) is 4.31. The zero-order valence-electron chi connectivity index (χ0n) is 12.2. The number of anilines is 1. The van der Waals surface area contributed by atoms with E-state index in [4.69, 9.17) is 5.73 Å². The van der Waals surface area contributed by atoms with Gasteiger partial charge in [-0.3, -0.25) is 0 Å². The van der Waals surface area contributed by atoms with Crippen LogP contribution in [0.5, 0.6) is 0 Å². The smallest absolute Gasteiger partial charge is 0.201 e. The molecule has 3 rings (SSSR count). The van der Waals surface area contributed by atoms with Gasteiger partial charge < -0.3 is 10.6 Å². The van der Waals surface area contributed by atoms with Crippen molar-refractivity contribution in [1.82, 2.24) is 19.8 Å². The molecular formula is C14H22N6. The van der Waals surface area contributed by atoms with Crippen LogP contribution in [0.4, 0.5) is 5.69 Å². The Hall–Kier alpha value is -1.69. The molecule has 0 aliphatic carbocycles. The van der Waals surface area contributed by atoms with E-state index in [1.807, 2.05) is 6.92 Å². The summed E-state index contributed by atoms with van der Waals surface area (Å²) in [6.45, 7) is 7.07. The van der Waals surface area contributed by atoms with Crippen LogP contribution < -0.4 is 10.6 Å². The van der Waals surface area contributed by atoms with Crippen molar-refractivity contribution in [3.8, 4) is 0 Å². The summed E-state index contributed by atoms with van der Waals surface area (Å²) >= 11 is 0. The Morgan fingerprint density at radius 2 is 2.25 bits per heavy atom. The van der Waals surface area contributed by atoms with E-state index in [2.05, 4.69) is 27.1 Å². The highest BCUT2D eigenvalue weighted by Gasteiger charge is 2.24. The first-order valence-corrected chi connectivity index (χ1v) is 7.33. The quantitative estimate of drug-likeness (QED) is 0.913. The van der Waals surface area contributed by atoms with Crippen LogP contribution in [0.2, 0.25) is 0 Å². The number of nitrogens with zero attached hydrogens (tertiary/aromatic N) is 5. The lowest BCUT2D eigenvalue weighted by Crippen LogP contribution is -2.37. The Bertz CT molecular complexity index is 603. The molecule has 108 valence electrons. The first-order valence-electron chi connectivity index (χ1n) is 7.33. The number of piperidine rings is 1. The number of nitrogens with two attached hydrogens (primary N) is 1. The zero-order valence-corrected chi connectivity index (χ0v) is 12.2. The van der Waals surface area contributed by atoms with E-state index in [0.29, 0.717) is 5.92 Å². The first kappa shape index (κ1) is 13.3. The van der Waals surface area contributed by atoms with Crippen molar-refractivity contribution in [2.24, 2.45) is 11.7 Å². The Morgan fingerprint density at radius 1 is 1.40 bits per heavy atom. The van der Waals surface area contributed by atoms with Gasteiger partial charge in [-0.05, 0) is 51.1 Å². The summed E-state index contributed by atoms with van der Waals surface area (Å²) in [4.78, 5) is 2.44. The fourth-order valence-electron chi connectivity index (χ4n) is 3.15. The van der Waals surface area contributed by atoms with Gasteiger partial charge in [-0.25, -0.2) is 0 Å². The van der Waals surface area contributed by atoms with Crippen LogP contribution in [-0.4, -0.2) is 39.4 Å². The third kappa shape index (κ3) is 2.24. The van der Waals surface area contributed by atoms with Gasteiger partial charge in [0.15, 0.2) is 0 Å². The fraction of sp³-hybridized carbons (Fsp3) is 0.643. The van der Waals surface area contributed by atoms with Crippen molar-refractivity contribution in [3.63, 3.8) is 0 Å². The summed E-state index contributed by atoms with van der Waals surface area (Å²) in [6.07, 6.45) is 5.26. The normalized spacial score (nSPS) is 19.8. The molecule has 1 aliphatic heterocycles. The standard InChI is InChI=1S/C14H22N6/c1-10-11(2)18-20-9-16-17-14(20)13(10)19-7-3-4-12(8-19)5-6-15/h9,12H,3-8,15H2,1-2H3. The van der Waals surface area contributed by atoms with Gasteiger partial charge in [0.25, 0.3) is 0 Å². The van der Waals surface area contributed by atoms with Crippen molar-refractivity contribution in [3.05, 3.63) is 17.6 Å². The second kappa shape index (κ2) is 5.36. The van der Waals surface area contributed by atoms with E-state index in [1.165, 1.54) is 24.1 Å². The second-order valence-electron chi connectivity index (χ2n) is 5.69. The SMILES string of the molecule is Cc1nn2cnnc2c(N2CCCC(CCN)C2)c1C. The van der Waals surface area contributed by atoms with E-state index in [1.54, 1.807) is 10.8 Å². The minimum atomic E-state index is 0.685. The highest BCUT2D eigenvalue weighted by Crippen LogP contribution is 2.30. The third-order valence-corrected chi connectivity index (χ3v) is 4.31. The van der Waals surface area contributed by atoms with Gasteiger partial charge in [0.05, 0.1) is 11.4 Å². The molecule has 2 aromatic heterocycles. The molecule has 2 N–H and O–H groups in total. The number of hydrogen-bond acceptors (Lipinski definition) is 5. The average molecular weight is 274 g/mol. The monoisotopic (exact) mass is 274 g/mol. The van der Waals surface area contributed by atoms with Crippen LogP contribution >= 0.6 is 0 Å². The van der Waals surface area contributed by atoms with Crippen molar-refractivity contribution < 1.29 is 0 Å². The van der Waals surface area contributed by atoms with Crippen LogP contribution in [0, 0.1) is 19.8 Å². The lowest BCUT2D eigenvalue weighted by molar-refractivity contribution is 0.396. The Labute approximate surface area is 119 Å². The van der Waals surface area contributed by atoms with Crippen molar-refractivity contribution in [1.29, 1.82) is 0 Å². The average Bonchev–Trinajstić information content (AvgIpc) is 2.88. The van der Waals surface area contributed by atoms with Crippen LogP contribution in [0.25, 0.3) is 5.65 Å². The molecule has 0 bridgehead atoms. The second-order valence-corrected chi connectivity index (χ2v) is 5.69. The highest BCUT2D eigenvalue weighted by atomic mass is 15.4. The van der Waals surface area contributed by atoms with E-state index in [0.717, 1.165) is 37.4 Å². The lowest BCUT2D eigenvalue weighted by atomic mass is 9.94. The number of aryl methyl sites for hydroxylation is 1. The van der Waals surface area contributed by atoms with Gasteiger partial charge in [0.2, 0.25) is 5.65 Å². The summed E-state index contributed by atoms with van der Waals surface area (Å²) in [6, 6.07) is 0. The van der Waals surface area contributed by atoms with Crippen molar-refractivity contribution in [2.75, 3.05) is 24.5 Å². The molecule has 1 unspecified atom stereocenters. The van der Waals surface area contributed by atoms with Crippen LogP contribution in [0.15, 0.2) is 6.33 Å². The Kier molecular flexibility index (Phi) is 3.56. The number of rotatable bonds is 3. The number of aromatic nitrogens is 4. The van der Waals surface area contributed by atoms with E-state index < -0.39 is 0 Å². The molecule has 6 nitrogen and oxygen atoms in total. The number of fused-ring (bicyclic) bond motifs is 1. The molecule has 1 saturated heterocycles. The molecule has 0 aromatic carbocycles. The minimum absolute atomic E-state index is 0.685. The van der Waals surface area contributed by atoms with E-state index >= 15 is 0 Å². The summed E-state index contributed by atoms with van der Waals surface area (Å²) in [5.74, 6) is 0.685. The van der Waals surface area contributed by atoms with Gasteiger partial charge in [0.1, 0.15) is 6.33 Å². The maximum atomic E-state index is 5.72. The van der Waals surface area contributed by atoms with Gasteiger partial charge in [0, 0.05) is 13.1 Å². The molecule has 6 heteroatoms. The van der Waals surface area contributed by atoms with Crippen LogP contribution in [0.1, 0.15) is 30.5 Å². The molecule has 20 heavy (non-hydrogen) atoms. The summed E-state index contributed by atoms with van der Waals surface area (Å²) in [7, 11) is 0. The molecular weight excluding hydrogens is 252 g/mol. The first-order chi connectivity index (χ1) is 9.70. The predicted octanol–water partition coefficient (Wildman–Crippen LogP) is 1.31. The van der Waals surface area contributed by atoms with Crippen LogP contribution in [0.3, 0.4) is 0 Å². The van der Waals surface area contributed by atoms with Crippen molar-refractivity contribution >= 4 is 11.3 Å². The van der Waals surface area contributed by atoms with Gasteiger partial charge in [-0.15, -0.1) is 10.2 Å². The summed E-state index contributed by atoms with van der Waals surface area (Å²) in [5.41, 5.74) is 10.0. The van der Waals surface area contributed by atoms with E-state index in [9.17, 15) is 0 Å². The van der Waals surface area contributed by atoms with Crippen LogP contribution in [-0.2, 0) is 0 Å². The lowest BCUT2D eigenvalue weighted by Gasteiger charge is -2.35. The number of hydrogen-bond donors (Lipinski definition) is 1. The Morgan fingerprint density at radius 3 is 3.05 bits per heavy atom. The maximum absolute atomic E-state index is 5.72. The highest BCUT2D eigenvalue weighted by molar-refractivity contribution is 5.72. The Balaban J connectivity index is 2.00. The molecule has 0 amide bonds. The summed E-state index contributed by atoms with van der Waals surface area (Å²) in [5, 5.41) is 12.7. The van der Waals surface area contributed by atoms with Gasteiger partial charge in [-0.1, -0.05) is 0 Å². The van der Waals surface area contributed by atoms with Crippen molar-refractivity contribution in [2.45, 2.75) is 33.1 Å². The van der Waals surface area contributed by atoms with Gasteiger partial charge in [-0.2, -0.15) is 9.61 Å². The maximum Gasteiger partial charge on any atom is 0.201 e. The molecule has 0 spiro atoms. The van der Waals surface area contributed by atoms with E-state index in [-0.39, 0.29) is 0 Å². The molecule has 1 fully saturated rings. The fourth-order valence-corrected chi connectivity index (χ4v) is 3.15.